The van der Waals surface area contributed by atoms with E-state index < -0.39 is 0 Å². The van der Waals surface area contributed by atoms with Gasteiger partial charge in [0.1, 0.15) is 0 Å². The summed E-state index contributed by atoms with van der Waals surface area (Å²) >= 11 is 1.87. The summed E-state index contributed by atoms with van der Waals surface area (Å²) < 4.78 is 7.44. The summed E-state index contributed by atoms with van der Waals surface area (Å²) in [5.74, 6) is 0. The average molecular weight is 515 g/mol. The molecule has 9 rings (SSSR count). The van der Waals surface area contributed by atoms with E-state index in [-0.39, 0.29) is 0 Å². The van der Waals surface area contributed by atoms with E-state index in [0.29, 0.717) is 0 Å². The zero-order valence-electron chi connectivity index (χ0n) is 21.0. The van der Waals surface area contributed by atoms with Crippen molar-refractivity contribution in [1.29, 1.82) is 0 Å². The molecule has 0 saturated heterocycles. The van der Waals surface area contributed by atoms with Crippen molar-refractivity contribution >= 4 is 75.1 Å². The van der Waals surface area contributed by atoms with Gasteiger partial charge in [-0.25, -0.2) is 0 Å². The summed E-state index contributed by atoms with van der Waals surface area (Å²) in [5, 5.41) is 7.76. The second-order valence-electron chi connectivity index (χ2n) is 10.2. The normalized spacial score (nSPS) is 12.1. The smallest absolute Gasteiger partial charge is 0.0541 e. The molecule has 39 heavy (non-hydrogen) atoms. The Morgan fingerprint density at radius 1 is 0.333 bits per heavy atom. The maximum atomic E-state index is 2.41. The molecule has 0 saturated carbocycles. The van der Waals surface area contributed by atoms with Crippen molar-refractivity contribution in [1.82, 2.24) is 9.13 Å². The zero-order chi connectivity index (χ0) is 25.5. The van der Waals surface area contributed by atoms with Gasteiger partial charge in [-0.1, -0.05) is 72.8 Å². The van der Waals surface area contributed by atoms with Crippen LogP contribution >= 0.6 is 11.3 Å². The average Bonchev–Trinajstić information content (AvgIpc) is 3.64. The molecule has 3 heterocycles. The predicted molar refractivity (Wildman–Crippen MR) is 168 cm³/mol. The molecule has 3 aromatic heterocycles. The maximum absolute atomic E-state index is 2.41. The third-order valence-electron chi connectivity index (χ3n) is 8.11. The fourth-order valence-electron chi connectivity index (χ4n) is 6.43. The maximum Gasteiger partial charge on any atom is 0.0541 e. The number of nitrogens with zero attached hydrogens (tertiary/aromatic N) is 2. The topological polar surface area (TPSA) is 9.86 Å². The van der Waals surface area contributed by atoms with Gasteiger partial charge in [-0.05, 0) is 60.7 Å². The largest absolute Gasteiger partial charge is 0.309 e. The quantitative estimate of drug-likeness (QED) is 0.217. The monoisotopic (exact) mass is 514 g/mol. The summed E-state index contributed by atoms with van der Waals surface area (Å²) in [5.41, 5.74) is 7.35. The van der Waals surface area contributed by atoms with E-state index in [2.05, 4.69) is 143 Å². The minimum absolute atomic E-state index is 1.20. The van der Waals surface area contributed by atoms with Crippen LogP contribution in [0.3, 0.4) is 0 Å². The van der Waals surface area contributed by atoms with Crippen LogP contribution in [-0.4, -0.2) is 9.13 Å². The Hall–Kier alpha value is -4.86. The van der Waals surface area contributed by atoms with Crippen LogP contribution in [0.5, 0.6) is 0 Å². The minimum Gasteiger partial charge on any atom is -0.309 e. The zero-order valence-corrected chi connectivity index (χ0v) is 21.8. The number of rotatable bonds is 2. The molecule has 0 aliphatic heterocycles. The van der Waals surface area contributed by atoms with E-state index in [1.807, 2.05) is 11.3 Å². The van der Waals surface area contributed by atoms with Gasteiger partial charge in [0, 0.05) is 53.1 Å². The highest BCUT2D eigenvalue weighted by Crippen LogP contribution is 2.40. The fraction of sp³-hybridized carbons (Fsp3) is 0. The van der Waals surface area contributed by atoms with Crippen LogP contribution < -0.4 is 0 Å². The number of thiophene rings is 1. The Morgan fingerprint density at radius 3 is 1.03 bits per heavy atom. The number of para-hydroxylation sites is 4. The lowest BCUT2D eigenvalue weighted by atomic mass is 10.1. The highest BCUT2D eigenvalue weighted by Gasteiger charge is 2.15. The lowest BCUT2D eigenvalue weighted by Gasteiger charge is -2.09. The number of fused-ring (bicyclic) bond motifs is 9. The summed E-state index contributed by atoms with van der Waals surface area (Å²) in [7, 11) is 0. The molecule has 2 nitrogen and oxygen atoms in total. The Bertz CT molecular complexity index is 2120. The highest BCUT2D eigenvalue weighted by molar-refractivity contribution is 7.25. The molecule has 0 spiro atoms. The van der Waals surface area contributed by atoms with E-state index in [1.165, 1.54) is 75.2 Å². The predicted octanol–water partition coefficient (Wildman–Crippen LogP) is 10.2. The Labute approximate surface area is 228 Å². The Kier molecular flexibility index (Phi) is 4.24. The van der Waals surface area contributed by atoms with Crippen LogP contribution in [0.15, 0.2) is 133 Å². The molecule has 0 N–H and O–H groups in total. The van der Waals surface area contributed by atoms with Crippen molar-refractivity contribution in [2.45, 2.75) is 0 Å². The molecular weight excluding hydrogens is 492 g/mol. The Balaban J connectivity index is 1.32. The van der Waals surface area contributed by atoms with Gasteiger partial charge >= 0.3 is 0 Å². The van der Waals surface area contributed by atoms with E-state index in [0.717, 1.165) is 0 Å². The number of hydrogen-bond acceptors (Lipinski definition) is 1. The van der Waals surface area contributed by atoms with Gasteiger partial charge in [-0.3, -0.25) is 0 Å². The third-order valence-corrected chi connectivity index (χ3v) is 9.26. The molecule has 0 atom stereocenters. The fourth-order valence-corrected chi connectivity index (χ4v) is 7.50. The molecule has 0 radical (unpaired) electrons. The van der Waals surface area contributed by atoms with Gasteiger partial charge in [-0.2, -0.15) is 0 Å². The van der Waals surface area contributed by atoms with Crippen LogP contribution in [0.2, 0.25) is 0 Å². The molecule has 0 aliphatic rings. The van der Waals surface area contributed by atoms with Crippen LogP contribution in [0, 0.1) is 0 Å². The van der Waals surface area contributed by atoms with E-state index in [9.17, 15) is 0 Å². The van der Waals surface area contributed by atoms with Crippen molar-refractivity contribution in [2.75, 3.05) is 0 Å². The van der Waals surface area contributed by atoms with E-state index >= 15 is 0 Å². The second-order valence-corrected chi connectivity index (χ2v) is 11.3. The van der Waals surface area contributed by atoms with Crippen LogP contribution in [0.4, 0.5) is 0 Å². The van der Waals surface area contributed by atoms with Gasteiger partial charge in [0.05, 0.1) is 22.1 Å². The molecule has 0 bridgehead atoms. The summed E-state index contributed by atoms with van der Waals surface area (Å²) in [4.78, 5) is 0. The number of aromatic nitrogens is 2. The minimum atomic E-state index is 1.20. The molecule has 0 unspecified atom stereocenters. The van der Waals surface area contributed by atoms with Gasteiger partial charge in [-0.15, -0.1) is 11.3 Å². The molecule has 0 aliphatic carbocycles. The van der Waals surface area contributed by atoms with Crippen LogP contribution in [0.25, 0.3) is 75.2 Å². The number of benzene rings is 6. The van der Waals surface area contributed by atoms with Crippen LogP contribution in [-0.2, 0) is 0 Å². The standard InChI is InChI=1S/C36H22N2S/c1-5-13-31-25(9-1)26-10-2-6-14-32(26)37(31)23-17-19-35-29(21-23)30-22-24(18-20-36(30)39-35)38-33-15-7-3-11-27(33)28-12-4-8-16-34(28)38/h1-22H. The first-order valence-electron chi connectivity index (χ1n) is 13.3. The van der Waals surface area contributed by atoms with Crippen molar-refractivity contribution in [3.05, 3.63) is 133 Å². The van der Waals surface area contributed by atoms with Gasteiger partial charge in [0.15, 0.2) is 0 Å². The van der Waals surface area contributed by atoms with Gasteiger partial charge < -0.3 is 9.13 Å². The SMILES string of the molecule is c1ccc2c(c1)c1ccccc1n2-c1ccc2sc3ccc(-n4c5ccccc5c5ccccc54)cc3c2c1. The molecule has 6 aromatic carbocycles. The van der Waals surface area contributed by atoms with Crippen molar-refractivity contribution < 1.29 is 0 Å². The van der Waals surface area contributed by atoms with Crippen molar-refractivity contribution in [3.63, 3.8) is 0 Å². The molecular formula is C36H22N2S. The van der Waals surface area contributed by atoms with E-state index in [1.54, 1.807) is 0 Å². The lowest BCUT2D eigenvalue weighted by molar-refractivity contribution is 1.18. The molecule has 0 amide bonds. The summed E-state index contributed by atoms with van der Waals surface area (Å²) in [6.07, 6.45) is 0. The first kappa shape index (κ1) is 21.1. The number of hydrogen-bond donors (Lipinski definition) is 0. The first-order chi connectivity index (χ1) is 19.3. The molecule has 0 fully saturated rings. The third kappa shape index (κ3) is 2.91. The van der Waals surface area contributed by atoms with Crippen molar-refractivity contribution in [2.24, 2.45) is 0 Å². The van der Waals surface area contributed by atoms with Gasteiger partial charge in [0.2, 0.25) is 0 Å². The Morgan fingerprint density at radius 2 is 0.667 bits per heavy atom. The van der Waals surface area contributed by atoms with Crippen molar-refractivity contribution in [3.8, 4) is 11.4 Å². The lowest BCUT2D eigenvalue weighted by Crippen LogP contribution is -1.94. The van der Waals surface area contributed by atoms with E-state index in [4.69, 9.17) is 0 Å². The first-order valence-corrected chi connectivity index (χ1v) is 14.1. The molecule has 3 heteroatoms. The second kappa shape index (κ2) is 7.83. The van der Waals surface area contributed by atoms with Gasteiger partial charge in [0.25, 0.3) is 0 Å². The summed E-state index contributed by atoms with van der Waals surface area (Å²) in [6, 6.07) is 48.7. The summed E-state index contributed by atoms with van der Waals surface area (Å²) in [6.45, 7) is 0. The molecule has 9 aromatic rings. The highest BCUT2D eigenvalue weighted by atomic mass is 32.1. The van der Waals surface area contributed by atoms with Crippen LogP contribution in [0.1, 0.15) is 0 Å². The molecule has 182 valence electrons.